The number of fused-ring (bicyclic) bond motifs is 1. The predicted molar refractivity (Wildman–Crippen MR) is 64.1 cm³/mol. The maximum Gasteiger partial charge on any atom is 0.120 e. The summed E-state index contributed by atoms with van der Waals surface area (Å²) in [4.78, 5) is 4.54. The lowest BCUT2D eigenvalue weighted by molar-refractivity contribution is 0.607. The molecule has 0 radical (unpaired) electrons. The zero-order valence-corrected chi connectivity index (χ0v) is 9.14. The molecule has 0 saturated heterocycles. The second-order valence-corrected chi connectivity index (χ2v) is 3.98. The van der Waals surface area contributed by atoms with E-state index in [-0.39, 0.29) is 0 Å². The van der Waals surface area contributed by atoms with Crippen LogP contribution in [0.2, 0.25) is 0 Å². The van der Waals surface area contributed by atoms with Gasteiger partial charge < -0.3 is 4.57 Å². The van der Waals surface area contributed by atoms with Crippen molar-refractivity contribution < 1.29 is 0 Å². The van der Waals surface area contributed by atoms with Gasteiger partial charge in [0.2, 0.25) is 0 Å². The largest absolute Gasteiger partial charge is 0.314 e. The lowest BCUT2D eigenvalue weighted by atomic mass is 10.1. The van der Waals surface area contributed by atoms with Gasteiger partial charge in [0.25, 0.3) is 0 Å². The van der Waals surface area contributed by atoms with Crippen LogP contribution >= 0.6 is 0 Å². The summed E-state index contributed by atoms with van der Waals surface area (Å²) < 4.78 is 2.23. The van der Waals surface area contributed by atoms with Crippen LogP contribution in [0.15, 0.2) is 36.4 Å². The Bertz CT molecular complexity index is 575. The lowest BCUT2D eigenvalue weighted by Crippen LogP contribution is -2.08. The minimum atomic E-state index is 0.363. The second-order valence-electron chi connectivity index (χ2n) is 3.98. The minimum Gasteiger partial charge on any atom is -0.314 e. The van der Waals surface area contributed by atoms with E-state index in [1.165, 1.54) is 0 Å². The summed E-state index contributed by atoms with van der Waals surface area (Å²) in [6, 6.07) is 10.4. The molecule has 1 aliphatic carbocycles. The molecule has 2 nitrogen and oxygen atoms in total. The fourth-order valence-electron chi connectivity index (χ4n) is 2.20. The normalized spacial score (nSPS) is 18.9. The molecule has 0 fully saturated rings. The quantitative estimate of drug-likeness (QED) is 0.704. The van der Waals surface area contributed by atoms with Crippen LogP contribution in [0.1, 0.15) is 18.3 Å². The highest BCUT2D eigenvalue weighted by atomic mass is 15.1. The third-order valence-electron chi connectivity index (χ3n) is 2.92. The summed E-state index contributed by atoms with van der Waals surface area (Å²) in [6.07, 6.45) is 9.58. The molecule has 0 bridgehead atoms. The first-order valence-corrected chi connectivity index (χ1v) is 5.46. The molecule has 0 amide bonds. The SMILES string of the molecule is Cc1nc2ccc#cc2n1C1C=CC=CC1. The number of allylic oxidation sites excluding steroid dienone is 4. The highest BCUT2D eigenvalue weighted by molar-refractivity contribution is 5.74. The maximum absolute atomic E-state index is 4.54. The van der Waals surface area contributed by atoms with E-state index in [0.717, 1.165) is 23.3 Å². The molecule has 1 aromatic heterocycles. The van der Waals surface area contributed by atoms with Crippen LogP contribution in [0.4, 0.5) is 0 Å². The molecule has 0 aliphatic heterocycles. The average Bonchev–Trinajstić information content (AvgIpc) is 2.66. The molecule has 1 heterocycles. The van der Waals surface area contributed by atoms with Crippen LogP contribution in [0.3, 0.4) is 0 Å². The Labute approximate surface area is 94.9 Å². The van der Waals surface area contributed by atoms with Crippen molar-refractivity contribution in [1.29, 1.82) is 0 Å². The fraction of sp³-hybridized carbons (Fsp3) is 0.214. The maximum atomic E-state index is 4.54. The van der Waals surface area contributed by atoms with Crippen LogP contribution in [-0.2, 0) is 0 Å². The van der Waals surface area contributed by atoms with Crippen LogP contribution in [0.25, 0.3) is 11.0 Å². The van der Waals surface area contributed by atoms with Gasteiger partial charge in [-0.05, 0) is 31.5 Å². The van der Waals surface area contributed by atoms with Crippen LogP contribution in [0.5, 0.6) is 0 Å². The van der Waals surface area contributed by atoms with E-state index in [0.29, 0.717) is 6.04 Å². The molecule has 1 unspecified atom stereocenters. The smallest absolute Gasteiger partial charge is 0.120 e. The van der Waals surface area contributed by atoms with Crippen molar-refractivity contribution in [3.05, 3.63) is 54.4 Å². The van der Waals surface area contributed by atoms with Crippen molar-refractivity contribution in [1.82, 2.24) is 9.55 Å². The second kappa shape index (κ2) is 3.53. The van der Waals surface area contributed by atoms with Crippen molar-refractivity contribution in [3.8, 4) is 0 Å². The first-order chi connectivity index (χ1) is 7.86. The first kappa shape index (κ1) is 9.23. The number of aromatic nitrogens is 2. The van der Waals surface area contributed by atoms with Crippen molar-refractivity contribution in [2.24, 2.45) is 0 Å². The van der Waals surface area contributed by atoms with Crippen molar-refractivity contribution in [2.45, 2.75) is 19.4 Å². The van der Waals surface area contributed by atoms with Gasteiger partial charge in [-0.15, -0.1) is 0 Å². The van der Waals surface area contributed by atoms with E-state index in [1.54, 1.807) is 0 Å². The van der Waals surface area contributed by atoms with Crippen LogP contribution in [0, 0.1) is 19.1 Å². The Kier molecular flexibility index (Phi) is 2.04. The van der Waals surface area contributed by atoms with Gasteiger partial charge in [0, 0.05) is 0 Å². The molecule has 2 aromatic rings. The topological polar surface area (TPSA) is 17.8 Å². The molecular formula is C14H12N2. The number of hydrogen-bond acceptors (Lipinski definition) is 1. The summed E-state index contributed by atoms with van der Waals surface area (Å²) in [5.74, 6) is 1.04. The van der Waals surface area contributed by atoms with Crippen molar-refractivity contribution in [2.75, 3.05) is 0 Å². The van der Waals surface area contributed by atoms with Crippen LogP contribution in [-0.4, -0.2) is 9.55 Å². The van der Waals surface area contributed by atoms with Crippen LogP contribution < -0.4 is 0 Å². The number of nitrogens with zero attached hydrogens (tertiary/aromatic N) is 2. The lowest BCUT2D eigenvalue weighted by Gasteiger charge is -2.16. The number of imidazole rings is 1. The van der Waals surface area contributed by atoms with Gasteiger partial charge >= 0.3 is 0 Å². The van der Waals surface area contributed by atoms with Crippen molar-refractivity contribution >= 4 is 11.0 Å². The van der Waals surface area contributed by atoms with Gasteiger partial charge in [-0.1, -0.05) is 30.4 Å². The first-order valence-electron chi connectivity index (χ1n) is 5.46. The van der Waals surface area contributed by atoms with Gasteiger partial charge in [-0.25, -0.2) is 4.98 Å². The van der Waals surface area contributed by atoms with E-state index in [2.05, 4.69) is 46.0 Å². The zero-order chi connectivity index (χ0) is 11.0. The average molecular weight is 208 g/mol. The molecule has 78 valence electrons. The number of aryl methyl sites for hydroxylation is 1. The monoisotopic (exact) mass is 208 g/mol. The fourth-order valence-corrected chi connectivity index (χ4v) is 2.20. The van der Waals surface area contributed by atoms with Crippen molar-refractivity contribution in [3.63, 3.8) is 0 Å². The molecule has 1 aliphatic rings. The number of rotatable bonds is 1. The standard InChI is InChI=1S/C14H12N2/c1-11-15-13-9-5-6-10-14(13)16(11)12-7-3-2-4-8-12/h2-5,7,9,12H,8H2,1H3. The Morgan fingerprint density at radius 3 is 3.19 bits per heavy atom. The molecule has 0 saturated carbocycles. The van der Waals surface area contributed by atoms with E-state index < -0.39 is 0 Å². The summed E-state index contributed by atoms with van der Waals surface area (Å²) in [5, 5.41) is 0. The molecule has 1 atom stereocenters. The summed E-state index contributed by atoms with van der Waals surface area (Å²) in [7, 11) is 0. The molecule has 3 rings (SSSR count). The Hall–Kier alpha value is -2.01. The van der Waals surface area contributed by atoms with Gasteiger partial charge in [0.1, 0.15) is 11.3 Å². The molecular weight excluding hydrogens is 196 g/mol. The van der Waals surface area contributed by atoms with E-state index in [9.17, 15) is 0 Å². The van der Waals surface area contributed by atoms with E-state index in [1.807, 2.05) is 19.1 Å². The van der Waals surface area contributed by atoms with Gasteiger partial charge in [0.15, 0.2) is 0 Å². The zero-order valence-electron chi connectivity index (χ0n) is 9.14. The Morgan fingerprint density at radius 2 is 2.38 bits per heavy atom. The predicted octanol–water partition coefficient (Wildman–Crippen LogP) is 3.00. The third kappa shape index (κ3) is 1.33. The molecule has 16 heavy (non-hydrogen) atoms. The minimum absolute atomic E-state index is 0.363. The molecule has 0 spiro atoms. The van der Waals surface area contributed by atoms with Gasteiger partial charge in [-0.2, -0.15) is 0 Å². The molecule has 1 aromatic carbocycles. The van der Waals surface area contributed by atoms with E-state index in [4.69, 9.17) is 0 Å². The summed E-state index contributed by atoms with van der Waals surface area (Å²) in [6.45, 7) is 2.04. The highest BCUT2D eigenvalue weighted by Crippen LogP contribution is 2.24. The number of hydrogen-bond donors (Lipinski definition) is 0. The summed E-state index contributed by atoms with van der Waals surface area (Å²) in [5.41, 5.74) is 2.05. The molecule has 2 heteroatoms. The summed E-state index contributed by atoms with van der Waals surface area (Å²) >= 11 is 0. The van der Waals surface area contributed by atoms with Gasteiger partial charge in [0.05, 0.1) is 11.6 Å². The Balaban J connectivity index is 2.18. The third-order valence-corrected chi connectivity index (χ3v) is 2.92. The highest BCUT2D eigenvalue weighted by Gasteiger charge is 2.14. The van der Waals surface area contributed by atoms with Gasteiger partial charge in [-0.3, -0.25) is 0 Å². The van der Waals surface area contributed by atoms with E-state index >= 15 is 0 Å². The Morgan fingerprint density at radius 1 is 1.44 bits per heavy atom. The molecule has 0 N–H and O–H groups in total.